The topological polar surface area (TPSA) is 26.0 Å². The van der Waals surface area contributed by atoms with Crippen LogP contribution in [0.2, 0.25) is 0 Å². The van der Waals surface area contributed by atoms with Crippen molar-refractivity contribution >= 4 is 0 Å². The Bertz CT molecular complexity index is 581. The lowest BCUT2D eigenvalue weighted by molar-refractivity contribution is 0.647. The molecule has 0 aliphatic carbocycles. The van der Waals surface area contributed by atoms with E-state index in [-0.39, 0.29) is 6.04 Å². The van der Waals surface area contributed by atoms with Crippen LogP contribution < -0.4 is 5.73 Å². The van der Waals surface area contributed by atoms with Crippen LogP contribution in [-0.4, -0.2) is 0 Å². The molecule has 1 nitrogen and oxygen atoms in total. The molecule has 1 atom stereocenters. The Labute approximate surface area is 122 Å². The minimum Gasteiger partial charge on any atom is -0.324 e. The molecular weight excluding hydrogens is 242 g/mol. The summed E-state index contributed by atoms with van der Waals surface area (Å²) in [5, 5.41) is 0. The fourth-order valence-corrected chi connectivity index (χ4v) is 2.61. The summed E-state index contributed by atoms with van der Waals surface area (Å²) in [5.41, 5.74) is 14.3. The van der Waals surface area contributed by atoms with Crippen LogP contribution in [0.15, 0.2) is 36.4 Å². The first-order valence-electron chi connectivity index (χ1n) is 7.36. The molecule has 0 radical (unpaired) electrons. The molecule has 0 aliphatic rings. The maximum atomic E-state index is 6.39. The van der Waals surface area contributed by atoms with E-state index >= 15 is 0 Å². The van der Waals surface area contributed by atoms with Gasteiger partial charge in [-0.15, -0.1) is 0 Å². The van der Waals surface area contributed by atoms with Crippen molar-refractivity contribution in [3.8, 4) is 0 Å². The Hall–Kier alpha value is -1.60. The Morgan fingerprint density at radius 3 is 2.10 bits per heavy atom. The lowest BCUT2D eigenvalue weighted by Gasteiger charge is -2.17. The minimum atomic E-state index is 0.121. The van der Waals surface area contributed by atoms with Crippen molar-refractivity contribution in [3.63, 3.8) is 0 Å². The molecule has 0 spiro atoms. The van der Waals surface area contributed by atoms with Crippen LogP contribution in [0.25, 0.3) is 0 Å². The van der Waals surface area contributed by atoms with E-state index in [1.54, 1.807) is 0 Å². The van der Waals surface area contributed by atoms with Gasteiger partial charge in [0.1, 0.15) is 0 Å². The maximum Gasteiger partial charge on any atom is 0.0300 e. The molecule has 2 N–H and O–H groups in total. The van der Waals surface area contributed by atoms with Crippen molar-refractivity contribution in [1.29, 1.82) is 0 Å². The first-order valence-corrected chi connectivity index (χ1v) is 7.36. The number of nitrogens with two attached hydrogens (primary N) is 1. The molecule has 0 saturated heterocycles. The van der Waals surface area contributed by atoms with Crippen LogP contribution in [0.3, 0.4) is 0 Å². The summed E-state index contributed by atoms with van der Waals surface area (Å²) in [6.07, 6.45) is 2.03. The van der Waals surface area contributed by atoms with Crippen molar-refractivity contribution < 1.29 is 0 Å². The number of aryl methyl sites for hydroxylation is 5. The molecule has 20 heavy (non-hydrogen) atoms. The second kappa shape index (κ2) is 6.23. The SMILES string of the molecule is Cc1ccc(CCC(N)c2cc(C)c(C)cc2C)cc1. The third kappa shape index (κ3) is 3.49. The fourth-order valence-electron chi connectivity index (χ4n) is 2.61. The molecule has 0 amide bonds. The number of hydrogen-bond donors (Lipinski definition) is 1. The molecule has 0 saturated carbocycles. The Morgan fingerprint density at radius 1 is 0.850 bits per heavy atom. The van der Waals surface area contributed by atoms with Crippen molar-refractivity contribution in [2.24, 2.45) is 5.73 Å². The Morgan fingerprint density at radius 2 is 1.45 bits per heavy atom. The van der Waals surface area contributed by atoms with Gasteiger partial charge in [0, 0.05) is 6.04 Å². The third-order valence-corrected chi connectivity index (χ3v) is 4.15. The van der Waals surface area contributed by atoms with Crippen LogP contribution in [0.5, 0.6) is 0 Å². The summed E-state index contributed by atoms with van der Waals surface area (Å²) in [6.45, 7) is 8.59. The van der Waals surface area contributed by atoms with E-state index in [2.05, 4.69) is 64.1 Å². The lowest BCUT2D eigenvalue weighted by Crippen LogP contribution is -2.13. The smallest absolute Gasteiger partial charge is 0.0300 e. The van der Waals surface area contributed by atoms with E-state index in [4.69, 9.17) is 5.73 Å². The average molecular weight is 267 g/mol. The molecule has 2 aromatic rings. The van der Waals surface area contributed by atoms with Crippen molar-refractivity contribution in [2.75, 3.05) is 0 Å². The van der Waals surface area contributed by atoms with Crippen LogP contribution in [-0.2, 0) is 6.42 Å². The summed E-state index contributed by atoms with van der Waals surface area (Å²) in [6, 6.07) is 13.4. The normalized spacial score (nSPS) is 12.4. The van der Waals surface area contributed by atoms with Crippen molar-refractivity contribution in [3.05, 3.63) is 69.8 Å². The van der Waals surface area contributed by atoms with E-state index in [0.717, 1.165) is 12.8 Å². The van der Waals surface area contributed by atoms with Gasteiger partial charge >= 0.3 is 0 Å². The third-order valence-electron chi connectivity index (χ3n) is 4.15. The van der Waals surface area contributed by atoms with E-state index in [1.165, 1.54) is 33.4 Å². The maximum absolute atomic E-state index is 6.39. The van der Waals surface area contributed by atoms with Crippen LogP contribution in [0.1, 0.15) is 45.8 Å². The zero-order chi connectivity index (χ0) is 14.7. The van der Waals surface area contributed by atoms with Gasteiger partial charge in [-0.3, -0.25) is 0 Å². The first-order chi connectivity index (χ1) is 9.47. The van der Waals surface area contributed by atoms with Crippen molar-refractivity contribution in [1.82, 2.24) is 0 Å². The van der Waals surface area contributed by atoms with Crippen LogP contribution in [0, 0.1) is 27.7 Å². The van der Waals surface area contributed by atoms with Crippen LogP contribution >= 0.6 is 0 Å². The standard InChI is InChI=1S/C19H25N/c1-13-5-7-17(8-6-13)9-10-19(20)18-12-15(3)14(2)11-16(18)4/h5-8,11-12,19H,9-10,20H2,1-4H3. The zero-order valence-electron chi connectivity index (χ0n) is 13.0. The molecule has 0 aliphatic heterocycles. The minimum absolute atomic E-state index is 0.121. The molecular formula is C19H25N. The number of rotatable bonds is 4. The molecule has 0 fully saturated rings. The molecule has 0 heterocycles. The molecule has 2 aromatic carbocycles. The quantitative estimate of drug-likeness (QED) is 0.864. The highest BCUT2D eigenvalue weighted by Gasteiger charge is 2.10. The Balaban J connectivity index is 2.06. The van der Waals surface area contributed by atoms with E-state index in [0.29, 0.717) is 0 Å². The average Bonchev–Trinajstić information content (AvgIpc) is 2.42. The summed E-state index contributed by atoms with van der Waals surface area (Å²) in [4.78, 5) is 0. The van der Waals surface area contributed by atoms with Gasteiger partial charge in [0.2, 0.25) is 0 Å². The molecule has 0 aromatic heterocycles. The summed E-state index contributed by atoms with van der Waals surface area (Å²) >= 11 is 0. The Kier molecular flexibility index (Phi) is 4.61. The molecule has 2 rings (SSSR count). The largest absolute Gasteiger partial charge is 0.324 e. The summed E-state index contributed by atoms with van der Waals surface area (Å²) < 4.78 is 0. The van der Waals surface area contributed by atoms with E-state index < -0.39 is 0 Å². The molecule has 1 unspecified atom stereocenters. The highest BCUT2D eigenvalue weighted by Crippen LogP contribution is 2.23. The molecule has 0 bridgehead atoms. The van der Waals surface area contributed by atoms with E-state index in [1.807, 2.05) is 0 Å². The molecule has 1 heteroatoms. The van der Waals surface area contributed by atoms with Gasteiger partial charge in [-0.25, -0.2) is 0 Å². The fraction of sp³-hybridized carbons (Fsp3) is 0.368. The monoisotopic (exact) mass is 267 g/mol. The van der Waals surface area contributed by atoms with Gasteiger partial charge in [0.15, 0.2) is 0 Å². The number of hydrogen-bond acceptors (Lipinski definition) is 1. The predicted octanol–water partition coefficient (Wildman–Crippen LogP) is 4.55. The second-order valence-electron chi connectivity index (χ2n) is 5.92. The second-order valence-corrected chi connectivity index (χ2v) is 5.92. The molecule has 106 valence electrons. The highest BCUT2D eigenvalue weighted by molar-refractivity contribution is 5.38. The highest BCUT2D eigenvalue weighted by atomic mass is 14.6. The van der Waals surface area contributed by atoms with Crippen LogP contribution in [0.4, 0.5) is 0 Å². The summed E-state index contributed by atoms with van der Waals surface area (Å²) in [5.74, 6) is 0. The van der Waals surface area contributed by atoms with Gasteiger partial charge in [0.05, 0.1) is 0 Å². The summed E-state index contributed by atoms with van der Waals surface area (Å²) in [7, 11) is 0. The van der Waals surface area contributed by atoms with Crippen molar-refractivity contribution in [2.45, 2.75) is 46.6 Å². The van der Waals surface area contributed by atoms with Gasteiger partial charge in [-0.1, -0.05) is 42.0 Å². The van der Waals surface area contributed by atoms with Gasteiger partial charge in [0.25, 0.3) is 0 Å². The van der Waals surface area contributed by atoms with Gasteiger partial charge in [-0.2, -0.15) is 0 Å². The van der Waals surface area contributed by atoms with Gasteiger partial charge < -0.3 is 5.73 Å². The van der Waals surface area contributed by atoms with E-state index in [9.17, 15) is 0 Å². The zero-order valence-corrected chi connectivity index (χ0v) is 13.0. The lowest BCUT2D eigenvalue weighted by atomic mass is 9.93. The predicted molar refractivity (Wildman–Crippen MR) is 87.1 cm³/mol. The number of benzene rings is 2. The van der Waals surface area contributed by atoms with Gasteiger partial charge in [-0.05, 0) is 68.4 Å². The first kappa shape index (κ1) is 14.8.